The molecule has 170 valence electrons. The van der Waals surface area contributed by atoms with Crippen molar-refractivity contribution in [3.63, 3.8) is 0 Å². The van der Waals surface area contributed by atoms with E-state index in [1.807, 2.05) is 4.68 Å². The lowest BCUT2D eigenvalue weighted by atomic mass is 9.45. The van der Waals surface area contributed by atoms with Gasteiger partial charge in [-0.05, 0) is 113 Å². The lowest BCUT2D eigenvalue weighted by Gasteiger charge is -2.59. The summed E-state index contributed by atoms with van der Waals surface area (Å²) in [5, 5.41) is 14.9. The molecule has 1 aromatic rings. The average molecular weight is 425 g/mol. The third-order valence-corrected chi connectivity index (χ3v) is 10.3. The molecule has 4 fully saturated rings. The number of aliphatic hydroxyl groups is 1. The molecular weight excluding hydrogens is 384 g/mol. The number of aliphatic hydroxyl groups excluding tert-OH is 1. The van der Waals surface area contributed by atoms with E-state index in [1.165, 1.54) is 25.0 Å². The van der Waals surface area contributed by atoms with E-state index in [-0.39, 0.29) is 11.5 Å². The normalized spacial score (nSPS) is 43.6. The molecule has 0 radical (unpaired) electrons. The topological polar surface area (TPSA) is 55.1 Å². The van der Waals surface area contributed by atoms with Crippen molar-refractivity contribution in [1.29, 1.82) is 0 Å². The van der Waals surface area contributed by atoms with Crippen LogP contribution in [0.1, 0.15) is 89.1 Å². The van der Waals surface area contributed by atoms with Crippen molar-refractivity contribution in [3.8, 4) is 0 Å². The number of aromatic nitrogens is 2. The molecule has 0 aromatic carbocycles. The monoisotopic (exact) mass is 424 g/mol. The quantitative estimate of drug-likeness (QED) is 0.639. The zero-order valence-electron chi connectivity index (χ0n) is 20.1. The lowest BCUT2D eigenvalue weighted by molar-refractivity contribution is -0.141. The highest BCUT2D eigenvalue weighted by Gasteiger charge is 2.61. The van der Waals surface area contributed by atoms with Crippen LogP contribution >= 0.6 is 0 Å². The second-order valence-corrected chi connectivity index (χ2v) is 11.6. The molecule has 0 spiro atoms. The van der Waals surface area contributed by atoms with Crippen LogP contribution in [0.5, 0.6) is 0 Å². The van der Waals surface area contributed by atoms with Gasteiger partial charge in [0.15, 0.2) is 5.78 Å². The molecule has 1 heterocycles. The van der Waals surface area contributed by atoms with Gasteiger partial charge in [-0.25, -0.2) is 0 Å². The Balaban J connectivity index is 1.46. The Morgan fingerprint density at radius 1 is 1.13 bits per heavy atom. The highest BCUT2D eigenvalue weighted by Crippen LogP contribution is 2.66. The third kappa shape index (κ3) is 3.03. The molecule has 4 heteroatoms. The third-order valence-electron chi connectivity index (χ3n) is 10.3. The Bertz CT molecular complexity index is 930. The fourth-order valence-corrected chi connectivity index (χ4v) is 8.44. The van der Waals surface area contributed by atoms with E-state index in [0.717, 1.165) is 61.4 Å². The molecule has 7 atom stereocenters. The predicted octanol–water partition coefficient (Wildman–Crippen LogP) is 5.49. The Hall–Kier alpha value is -1.42. The lowest BCUT2D eigenvalue weighted by Crippen LogP contribution is -2.54. The van der Waals surface area contributed by atoms with Crippen molar-refractivity contribution < 1.29 is 9.90 Å². The Labute approximate surface area is 187 Å². The van der Waals surface area contributed by atoms with E-state index in [0.29, 0.717) is 29.0 Å². The first-order valence-corrected chi connectivity index (χ1v) is 12.7. The number of rotatable bonds is 2. The molecule has 4 aliphatic carbocycles. The van der Waals surface area contributed by atoms with Gasteiger partial charge in [0.2, 0.25) is 0 Å². The maximum Gasteiger partial charge on any atom is 0.165 e. The summed E-state index contributed by atoms with van der Waals surface area (Å²) in [6.45, 7) is 12.0. The number of hydrogen-bond donors (Lipinski definition) is 1. The second kappa shape index (κ2) is 7.30. The number of ketones is 1. The highest BCUT2D eigenvalue weighted by atomic mass is 16.3. The fraction of sp³-hybridized carbons (Fsp3) is 0.778. The molecular formula is C27H40N2O2. The van der Waals surface area contributed by atoms with E-state index in [9.17, 15) is 9.90 Å². The SMILES string of the molecule is CCn1nc(C)c(/C=C2/CC3C4CCC5CC(O)CCC5(C)C4CCC3(C)C2=O)c1C. The largest absolute Gasteiger partial charge is 0.393 e. The minimum atomic E-state index is -0.188. The van der Waals surface area contributed by atoms with Crippen LogP contribution in [0.4, 0.5) is 0 Å². The Kier molecular flexibility index (Phi) is 5.04. The molecule has 0 bridgehead atoms. The van der Waals surface area contributed by atoms with Crippen LogP contribution in [0.3, 0.4) is 0 Å². The summed E-state index contributed by atoms with van der Waals surface area (Å²) in [7, 11) is 0. The van der Waals surface area contributed by atoms with Crippen molar-refractivity contribution in [2.24, 2.45) is 34.5 Å². The van der Waals surface area contributed by atoms with E-state index >= 15 is 0 Å². The van der Waals surface area contributed by atoms with Crippen LogP contribution in [-0.4, -0.2) is 26.8 Å². The van der Waals surface area contributed by atoms with E-state index in [1.54, 1.807) is 0 Å². The average Bonchev–Trinajstić information content (AvgIpc) is 3.16. The summed E-state index contributed by atoms with van der Waals surface area (Å²) < 4.78 is 2.05. The first-order chi connectivity index (χ1) is 14.7. The summed E-state index contributed by atoms with van der Waals surface area (Å²) in [5.41, 5.74) is 4.57. The molecule has 0 amide bonds. The van der Waals surface area contributed by atoms with Gasteiger partial charge in [-0.15, -0.1) is 0 Å². The van der Waals surface area contributed by atoms with Crippen molar-refractivity contribution in [1.82, 2.24) is 9.78 Å². The number of aryl methyl sites for hydroxylation is 2. The van der Waals surface area contributed by atoms with E-state index in [2.05, 4.69) is 45.8 Å². The molecule has 1 aromatic heterocycles. The number of hydrogen-bond acceptors (Lipinski definition) is 3. The summed E-state index contributed by atoms with van der Waals surface area (Å²) in [6, 6.07) is 0. The van der Waals surface area contributed by atoms with Gasteiger partial charge in [0, 0.05) is 23.2 Å². The highest BCUT2D eigenvalue weighted by molar-refractivity contribution is 6.06. The minimum absolute atomic E-state index is 0.0957. The number of allylic oxidation sites excluding steroid dienone is 1. The summed E-state index contributed by atoms with van der Waals surface area (Å²) >= 11 is 0. The molecule has 0 aliphatic heterocycles. The van der Waals surface area contributed by atoms with Crippen LogP contribution in [0.25, 0.3) is 6.08 Å². The van der Waals surface area contributed by atoms with E-state index < -0.39 is 0 Å². The number of carbonyl (C=O) groups is 1. The summed E-state index contributed by atoms with van der Waals surface area (Å²) in [6.07, 6.45) is 10.8. The summed E-state index contributed by atoms with van der Waals surface area (Å²) in [5.74, 6) is 2.93. The standard InChI is InChI=1S/C27H40N2O2/c1-6-29-17(3)22(16(2)28-29)13-18-14-24-21-8-7-19-15-20(30)9-11-26(19,4)23(21)10-12-27(24,5)25(18)31/h13,19-21,23-24,30H,6-12,14-15H2,1-5H3/b18-13-. The van der Waals surface area contributed by atoms with Crippen molar-refractivity contribution in [2.75, 3.05) is 0 Å². The molecule has 4 saturated carbocycles. The molecule has 31 heavy (non-hydrogen) atoms. The molecule has 1 N–H and O–H groups in total. The minimum Gasteiger partial charge on any atom is -0.393 e. The Morgan fingerprint density at radius 3 is 2.61 bits per heavy atom. The van der Waals surface area contributed by atoms with Gasteiger partial charge >= 0.3 is 0 Å². The maximum absolute atomic E-state index is 13.7. The maximum atomic E-state index is 13.7. The van der Waals surface area contributed by atoms with Gasteiger partial charge in [-0.3, -0.25) is 9.48 Å². The van der Waals surface area contributed by atoms with Crippen LogP contribution in [0, 0.1) is 48.3 Å². The van der Waals surface area contributed by atoms with Gasteiger partial charge in [0.1, 0.15) is 0 Å². The molecule has 0 saturated heterocycles. The number of carbonyl (C=O) groups excluding carboxylic acids is 1. The smallest absolute Gasteiger partial charge is 0.165 e. The summed E-state index contributed by atoms with van der Waals surface area (Å²) in [4.78, 5) is 13.7. The molecule has 5 rings (SSSR count). The fourth-order valence-electron chi connectivity index (χ4n) is 8.44. The van der Waals surface area contributed by atoms with Crippen molar-refractivity contribution >= 4 is 11.9 Å². The van der Waals surface area contributed by atoms with Crippen LogP contribution in [0.2, 0.25) is 0 Å². The van der Waals surface area contributed by atoms with Gasteiger partial charge in [0.05, 0.1) is 11.8 Å². The number of nitrogens with zero attached hydrogens (tertiary/aromatic N) is 2. The van der Waals surface area contributed by atoms with Gasteiger partial charge in [-0.2, -0.15) is 5.10 Å². The van der Waals surface area contributed by atoms with Crippen LogP contribution in [0.15, 0.2) is 5.57 Å². The number of Topliss-reactive ketones (excluding diaryl/α,β-unsaturated/α-hetero) is 1. The van der Waals surface area contributed by atoms with Gasteiger partial charge < -0.3 is 5.11 Å². The molecule has 4 aliphatic rings. The Morgan fingerprint density at radius 2 is 1.90 bits per heavy atom. The second-order valence-electron chi connectivity index (χ2n) is 11.6. The van der Waals surface area contributed by atoms with Gasteiger partial charge in [0.25, 0.3) is 0 Å². The first kappa shape index (κ1) is 21.4. The van der Waals surface area contributed by atoms with Crippen molar-refractivity contribution in [2.45, 2.75) is 98.6 Å². The van der Waals surface area contributed by atoms with Crippen molar-refractivity contribution in [3.05, 3.63) is 22.5 Å². The first-order valence-electron chi connectivity index (χ1n) is 12.7. The molecule has 7 unspecified atom stereocenters. The zero-order valence-corrected chi connectivity index (χ0v) is 20.1. The van der Waals surface area contributed by atoms with Crippen LogP contribution in [-0.2, 0) is 11.3 Å². The van der Waals surface area contributed by atoms with Crippen LogP contribution < -0.4 is 0 Å². The van der Waals surface area contributed by atoms with Gasteiger partial charge in [-0.1, -0.05) is 13.8 Å². The predicted molar refractivity (Wildman–Crippen MR) is 123 cm³/mol. The number of fused-ring (bicyclic) bond motifs is 5. The molecule has 4 nitrogen and oxygen atoms in total. The van der Waals surface area contributed by atoms with E-state index in [4.69, 9.17) is 0 Å². The zero-order chi connectivity index (χ0) is 22.1.